The molecule has 1 atom stereocenters. The summed E-state index contributed by atoms with van der Waals surface area (Å²) in [5, 5.41) is 11.6. The quantitative estimate of drug-likeness (QED) is 0.764. The van der Waals surface area contributed by atoms with Crippen LogP contribution in [-0.4, -0.2) is 29.1 Å². The van der Waals surface area contributed by atoms with Crippen LogP contribution in [0.1, 0.15) is 53.7 Å². The molecular formula is C19H23NO5. The van der Waals surface area contributed by atoms with Crippen molar-refractivity contribution in [2.24, 2.45) is 0 Å². The lowest BCUT2D eigenvalue weighted by Crippen LogP contribution is -2.32. The summed E-state index contributed by atoms with van der Waals surface area (Å²) in [5.41, 5.74) is 1.12. The lowest BCUT2D eigenvalue weighted by atomic mass is 10.1. The minimum absolute atomic E-state index is 0.000521. The van der Waals surface area contributed by atoms with Crippen LogP contribution in [-0.2, 0) is 6.42 Å². The Balaban J connectivity index is 1.82. The van der Waals surface area contributed by atoms with Crippen LogP contribution in [0.4, 0.5) is 0 Å². The third-order valence-electron chi connectivity index (χ3n) is 3.61. The van der Waals surface area contributed by atoms with E-state index in [9.17, 15) is 9.59 Å². The molecule has 0 fully saturated rings. The average Bonchev–Trinajstić information content (AvgIpc) is 3.04. The molecule has 0 radical (unpaired) electrons. The van der Waals surface area contributed by atoms with E-state index in [4.69, 9.17) is 14.3 Å². The molecule has 1 heterocycles. The Bertz CT molecular complexity index is 718. The van der Waals surface area contributed by atoms with Crippen LogP contribution in [0.15, 0.2) is 41.0 Å². The standard InChI is InChI=1S/C19H23NO5/c1-12(2)25-16-8-6-14(7-9-16)5-4-13(3)20-18(21)17-10-15(11-24-17)19(22)23/h6-13H,4-5H2,1-3H3,(H,20,21)(H,22,23). The van der Waals surface area contributed by atoms with Crippen molar-refractivity contribution in [1.82, 2.24) is 5.32 Å². The van der Waals surface area contributed by atoms with Crippen molar-refractivity contribution in [2.45, 2.75) is 45.8 Å². The molecule has 2 aromatic rings. The Hall–Kier alpha value is -2.76. The van der Waals surface area contributed by atoms with Gasteiger partial charge in [0.2, 0.25) is 0 Å². The van der Waals surface area contributed by atoms with Gasteiger partial charge in [-0.15, -0.1) is 0 Å². The topological polar surface area (TPSA) is 88.8 Å². The van der Waals surface area contributed by atoms with Gasteiger partial charge in [0.25, 0.3) is 5.91 Å². The number of carbonyl (C=O) groups is 2. The second-order valence-electron chi connectivity index (χ2n) is 6.23. The molecule has 2 N–H and O–H groups in total. The second kappa shape index (κ2) is 8.37. The van der Waals surface area contributed by atoms with Crippen LogP contribution >= 0.6 is 0 Å². The van der Waals surface area contributed by atoms with Crippen molar-refractivity contribution in [3.05, 3.63) is 53.5 Å². The van der Waals surface area contributed by atoms with Crippen molar-refractivity contribution in [1.29, 1.82) is 0 Å². The lowest BCUT2D eigenvalue weighted by molar-refractivity contribution is 0.0695. The maximum absolute atomic E-state index is 12.0. The highest BCUT2D eigenvalue weighted by atomic mass is 16.5. The first kappa shape index (κ1) is 18.6. The van der Waals surface area contributed by atoms with Gasteiger partial charge in [-0.3, -0.25) is 4.79 Å². The van der Waals surface area contributed by atoms with Crippen LogP contribution in [0, 0.1) is 0 Å². The van der Waals surface area contributed by atoms with Crippen LogP contribution in [0.5, 0.6) is 5.75 Å². The monoisotopic (exact) mass is 345 g/mol. The number of amides is 1. The van der Waals surface area contributed by atoms with Crippen LogP contribution < -0.4 is 10.1 Å². The van der Waals surface area contributed by atoms with Gasteiger partial charge in [0.1, 0.15) is 12.0 Å². The van der Waals surface area contributed by atoms with E-state index in [0.717, 1.165) is 30.4 Å². The summed E-state index contributed by atoms with van der Waals surface area (Å²) in [4.78, 5) is 22.8. The van der Waals surface area contributed by atoms with Crippen molar-refractivity contribution in [3.8, 4) is 5.75 Å². The Morgan fingerprint density at radius 2 is 1.88 bits per heavy atom. The summed E-state index contributed by atoms with van der Waals surface area (Å²) in [7, 11) is 0. The van der Waals surface area contributed by atoms with E-state index in [1.807, 2.05) is 45.0 Å². The molecule has 134 valence electrons. The number of aryl methyl sites for hydroxylation is 1. The number of rotatable bonds is 8. The summed E-state index contributed by atoms with van der Waals surface area (Å²) in [6.07, 6.45) is 2.76. The molecule has 0 aliphatic heterocycles. The molecule has 6 heteroatoms. The minimum Gasteiger partial charge on any atom is -0.491 e. The molecule has 0 spiro atoms. The molecule has 1 unspecified atom stereocenters. The van der Waals surface area contributed by atoms with Gasteiger partial charge in [0.15, 0.2) is 5.76 Å². The molecule has 25 heavy (non-hydrogen) atoms. The Morgan fingerprint density at radius 1 is 1.20 bits per heavy atom. The molecule has 0 aliphatic carbocycles. The lowest BCUT2D eigenvalue weighted by Gasteiger charge is -2.13. The zero-order valence-electron chi connectivity index (χ0n) is 14.6. The third kappa shape index (κ3) is 5.67. The van der Waals surface area contributed by atoms with Crippen molar-refractivity contribution >= 4 is 11.9 Å². The van der Waals surface area contributed by atoms with Gasteiger partial charge in [0.05, 0.1) is 11.7 Å². The smallest absolute Gasteiger partial charge is 0.338 e. The zero-order chi connectivity index (χ0) is 18.4. The number of nitrogens with one attached hydrogen (secondary N) is 1. The maximum Gasteiger partial charge on any atom is 0.338 e. The van der Waals surface area contributed by atoms with E-state index in [0.29, 0.717) is 0 Å². The predicted molar refractivity (Wildman–Crippen MR) is 93.1 cm³/mol. The molecule has 6 nitrogen and oxygen atoms in total. The van der Waals surface area contributed by atoms with E-state index in [1.165, 1.54) is 6.07 Å². The van der Waals surface area contributed by atoms with Crippen LogP contribution in [0.25, 0.3) is 0 Å². The molecular weight excluding hydrogens is 322 g/mol. The summed E-state index contributed by atoms with van der Waals surface area (Å²) >= 11 is 0. The number of furan rings is 1. The van der Waals surface area contributed by atoms with Crippen molar-refractivity contribution < 1.29 is 23.8 Å². The summed E-state index contributed by atoms with van der Waals surface area (Å²) in [6.45, 7) is 5.86. The van der Waals surface area contributed by atoms with E-state index in [1.54, 1.807) is 0 Å². The average molecular weight is 345 g/mol. The molecule has 0 saturated heterocycles. The first-order chi connectivity index (χ1) is 11.8. The number of ether oxygens (including phenoxy) is 1. The first-order valence-corrected chi connectivity index (χ1v) is 8.23. The van der Waals surface area contributed by atoms with E-state index in [2.05, 4.69) is 5.32 Å². The van der Waals surface area contributed by atoms with Gasteiger partial charge in [-0.2, -0.15) is 0 Å². The molecule has 1 aromatic heterocycles. The number of carboxylic acids is 1. The molecule has 0 saturated carbocycles. The molecule has 0 aliphatic rings. The Labute approximate surface area is 146 Å². The minimum atomic E-state index is -1.12. The van der Waals surface area contributed by atoms with Gasteiger partial charge in [-0.05, 0) is 51.3 Å². The highest BCUT2D eigenvalue weighted by Crippen LogP contribution is 2.15. The van der Waals surface area contributed by atoms with Crippen LogP contribution in [0.3, 0.4) is 0 Å². The van der Waals surface area contributed by atoms with Crippen LogP contribution in [0.2, 0.25) is 0 Å². The summed E-state index contributed by atoms with van der Waals surface area (Å²) in [6, 6.07) is 9.05. The molecule has 2 rings (SSSR count). The fourth-order valence-electron chi connectivity index (χ4n) is 2.32. The first-order valence-electron chi connectivity index (χ1n) is 8.23. The van der Waals surface area contributed by atoms with Crippen molar-refractivity contribution in [3.63, 3.8) is 0 Å². The molecule has 0 bridgehead atoms. The Morgan fingerprint density at radius 3 is 2.44 bits per heavy atom. The predicted octanol–water partition coefficient (Wildman–Crippen LogP) is 3.52. The highest BCUT2D eigenvalue weighted by molar-refractivity contribution is 5.95. The number of aromatic carboxylic acids is 1. The number of carboxylic acid groups (broad SMARTS) is 1. The molecule has 1 aromatic carbocycles. The van der Waals surface area contributed by atoms with Gasteiger partial charge in [0, 0.05) is 12.1 Å². The van der Waals surface area contributed by atoms with Gasteiger partial charge in [-0.1, -0.05) is 12.1 Å². The van der Waals surface area contributed by atoms with E-state index < -0.39 is 11.9 Å². The van der Waals surface area contributed by atoms with Gasteiger partial charge >= 0.3 is 5.97 Å². The normalized spacial score (nSPS) is 12.0. The SMILES string of the molecule is CC(CCc1ccc(OC(C)C)cc1)NC(=O)c1cc(C(=O)O)co1. The second-order valence-corrected chi connectivity index (χ2v) is 6.23. The highest BCUT2D eigenvalue weighted by Gasteiger charge is 2.16. The fraction of sp³-hybridized carbons (Fsp3) is 0.368. The number of hydrogen-bond acceptors (Lipinski definition) is 4. The largest absolute Gasteiger partial charge is 0.491 e. The fourth-order valence-corrected chi connectivity index (χ4v) is 2.32. The van der Waals surface area contributed by atoms with Crippen molar-refractivity contribution in [2.75, 3.05) is 0 Å². The van der Waals surface area contributed by atoms with Gasteiger partial charge in [-0.25, -0.2) is 4.79 Å². The van der Waals surface area contributed by atoms with E-state index in [-0.39, 0.29) is 23.5 Å². The number of hydrogen-bond donors (Lipinski definition) is 2. The molecule has 1 amide bonds. The number of carbonyl (C=O) groups excluding carboxylic acids is 1. The van der Waals surface area contributed by atoms with Gasteiger partial charge < -0.3 is 19.6 Å². The Kier molecular flexibility index (Phi) is 6.22. The number of benzene rings is 1. The summed E-state index contributed by atoms with van der Waals surface area (Å²) in [5.74, 6) is -0.701. The zero-order valence-corrected chi connectivity index (χ0v) is 14.6. The third-order valence-corrected chi connectivity index (χ3v) is 3.61. The maximum atomic E-state index is 12.0. The summed E-state index contributed by atoms with van der Waals surface area (Å²) < 4.78 is 10.6. The van der Waals surface area contributed by atoms with E-state index >= 15 is 0 Å².